The first kappa shape index (κ1) is 12.7. The fourth-order valence-corrected chi connectivity index (χ4v) is 1.24. The number of nitriles is 1. The molecule has 1 radical (unpaired) electrons. The lowest BCUT2D eigenvalue weighted by molar-refractivity contribution is -0.123. The second kappa shape index (κ2) is 6.20. The highest BCUT2D eigenvalue weighted by molar-refractivity contribution is 6.19. The third kappa shape index (κ3) is 5.09. The summed E-state index contributed by atoms with van der Waals surface area (Å²) in [6.07, 6.45) is 0.206. The minimum absolute atomic E-state index is 0.206. The van der Waals surface area contributed by atoms with Crippen molar-refractivity contribution in [3.05, 3.63) is 0 Å². The molecule has 0 aromatic heterocycles. The molecule has 0 fully saturated rings. The second-order valence-corrected chi connectivity index (χ2v) is 3.91. The van der Waals surface area contributed by atoms with Crippen LogP contribution in [0.2, 0.25) is 0 Å². The minimum Gasteiger partial charge on any atom is -0.198 e. The quantitative estimate of drug-likeness (QED) is 0.392. The molecule has 1 atom stereocenters. The fourth-order valence-electron chi connectivity index (χ4n) is 1.08. The van der Waals surface area contributed by atoms with E-state index < -0.39 is 5.56 Å². The first-order valence-corrected chi connectivity index (χ1v) is 4.88. The van der Waals surface area contributed by atoms with Crippen molar-refractivity contribution in [3.8, 4) is 6.07 Å². The van der Waals surface area contributed by atoms with E-state index in [1.165, 1.54) is 0 Å². The zero-order chi connectivity index (χ0) is 10.4. The average molecular weight is 205 g/mol. The molecule has 0 aromatic rings. The lowest BCUT2D eigenvalue weighted by atomic mass is 10.3. The van der Waals surface area contributed by atoms with Gasteiger partial charge in [-0.3, -0.25) is 0 Å². The van der Waals surface area contributed by atoms with Crippen LogP contribution >= 0.6 is 11.6 Å². The van der Waals surface area contributed by atoms with Crippen LogP contribution in [0.25, 0.3) is 0 Å². The molecule has 0 rings (SSSR count). The van der Waals surface area contributed by atoms with Gasteiger partial charge in [0.1, 0.15) is 0 Å². The minimum atomic E-state index is -0.546. The summed E-state index contributed by atoms with van der Waals surface area (Å²) in [4.78, 5) is 5.39. The van der Waals surface area contributed by atoms with Gasteiger partial charge in [0, 0.05) is 0 Å². The van der Waals surface area contributed by atoms with E-state index in [9.17, 15) is 0 Å². The van der Waals surface area contributed by atoms with Crippen LogP contribution in [0.5, 0.6) is 0 Å². The van der Waals surface area contributed by atoms with Crippen LogP contribution in [0.4, 0.5) is 0 Å². The maximum Gasteiger partial charge on any atom is 0.209 e. The highest BCUT2D eigenvalue weighted by atomic mass is 35.5. The van der Waals surface area contributed by atoms with Crippen molar-refractivity contribution in [2.45, 2.75) is 51.8 Å². The molecule has 0 saturated carbocycles. The van der Waals surface area contributed by atoms with Crippen molar-refractivity contribution in [2.24, 2.45) is 0 Å². The Hall–Kier alpha value is -0.300. The van der Waals surface area contributed by atoms with Gasteiger partial charge in [-0.15, -0.1) is 4.84 Å². The van der Waals surface area contributed by atoms with Gasteiger partial charge in [0.25, 0.3) is 0 Å². The maximum absolute atomic E-state index is 8.39. The van der Waals surface area contributed by atoms with Crippen LogP contribution < -0.4 is 5.06 Å². The Morgan fingerprint density at radius 2 is 1.77 bits per heavy atom. The van der Waals surface area contributed by atoms with Gasteiger partial charge < -0.3 is 0 Å². The molecule has 0 saturated heterocycles. The van der Waals surface area contributed by atoms with Crippen molar-refractivity contribution < 1.29 is 4.84 Å². The third-order valence-corrected chi connectivity index (χ3v) is 1.74. The number of hydroxylamine groups is 2. The van der Waals surface area contributed by atoms with Crippen LogP contribution in [0.15, 0.2) is 0 Å². The average Bonchev–Trinajstić information content (AvgIpc) is 1.99. The SMILES string of the molecule is CC(C)[N+](OC(Cl)CC#N)C(C)C. The second-order valence-electron chi connectivity index (χ2n) is 3.43. The standard InChI is InChI=1S/C9H17ClN2O/c1-7(2)12(8(3)4)13-9(10)5-6-11/h7-9H,5H2,1-4H3/q+1. The van der Waals surface area contributed by atoms with Gasteiger partial charge >= 0.3 is 0 Å². The van der Waals surface area contributed by atoms with Crippen molar-refractivity contribution in [1.29, 1.82) is 5.26 Å². The highest BCUT2D eigenvalue weighted by Gasteiger charge is 2.29. The molecule has 0 spiro atoms. The molecule has 13 heavy (non-hydrogen) atoms. The smallest absolute Gasteiger partial charge is 0.198 e. The predicted octanol–water partition coefficient (Wildman–Crippen LogP) is 2.35. The normalized spacial score (nSPS) is 13.8. The highest BCUT2D eigenvalue weighted by Crippen LogP contribution is 2.10. The molecule has 75 valence electrons. The topological polar surface area (TPSA) is 38.9 Å². The summed E-state index contributed by atoms with van der Waals surface area (Å²) < 4.78 is 0. The molecule has 1 unspecified atom stereocenters. The lowest BCUT2D eigenvalue weighted by Gasteiger charge is -2.17. The van der Waals surface area contributed by atoms with Crippen LogP contribution in [-0.4, -0.2) is 17.6 Å². The number of rotatable bonds is 5. The van der Waals surface area contributed by atoms with E-state index in [0.29, 0.717) is 0 Å². The van der Waals surface area contributed by atoms with Crippen LogP contribution in [0.1, 0.15) is 34.1 Å². The Kier molecular flexibility index (Phi) is 6.06. The zero-order valence-corrected chi connectivity index (χ0v) is 9.38. The van der Waals surface area contributed by atoms with Gasteiger partial charge in [-0.05, 0) is 32.8 Å². The summed E-state index contributed by atoms with van der Waals surface area (Å²) in [5.74, 6) is 0. The van der Waals surface area contributed by atoms with E-state index in [2.05, 4.69) is 0 Å². The summed E-state index contributed by atoms with van der Waals surface area (Å²) >= 11 is 5.78. The molecule has 0 N–H and O–H groups in total. The van der Waals surface area contributed by atoms with Gasteiger partial charge in [0.15, 0.2) is 12.1 Å². The Labute approximate surface area is 85.2 Å². The summed E-state index contributed by atoms with van der Waals surface area (Å²) in [6, 6.07) is 2.49. The van der Waals surface area contributed by atoms with Crippen LogP contribution in [0, 0.1) is 11.3 Å². The maximum atomic E-state index is 8.39. The molecule has 0 heterocycles. The lowest BCUT2D eigenvalue weighted by Crippen LogP contribution is -2.44. The number of halogens is 1. The van der Waals surface area contributed by atoms with Gasteiger partial charge in [-0.25, -0.2) is 0 Å². The molecule has 4 heteroatoms. The Morgan fingerprint density at radius 1 is 1.31 bits per heavy atom. The van der Waals surface area contributed by atoms with Crippen molar-refractivity contribution >= 4 is 11.6 Å². The molecule has 3 nitrogen and oxygen atoms in total. The molecule has 0 bridgehead atoms. The number of hydrogen-bond acceptors (Lipinski definition) is 3. The predicted molar refractivity (Wildman–Crippen MR) is 53.4 cm³/mol. The van der Waals surface area contributed by atoms with Gasteiger partial charge in [-0.2, -0.15) is 5.26 Å². The molecule has 0 aliphatic rings. The van der Waals surface area contributed by atoms with Crippen molar-refractivity contribution in [1.82, 2.24) is 5.06 Å². The third-order valence-electron chi connectivity index (χ3n) is 1.51. The van der Waals surface area contributed by atoms with E-state index >= 15 is 0 Å². The van der Waals surface area contributed by atoms with Crippen LogP contribution in [0.3, 0.4) is 0 Å². The molecule has 0 aliphatic carbocycles. The molecular weight excluding hydrogens is 188 g/mol. The number of hydrogen-bond donors (Lipinski definition) is 0. The summed E-state index contributed by atoms with van der Waals surface area (Å²) in [5, 5.41) is 10.2. The summed E-state index contributed by atoms with van der Waals surface area (Å²) in [6.45, 7) is 8.10. The summed E-state index contributed by atoms with van der Waals surface area (Å²) in [5.41, 5.74) is -0.546. The number of alkyl halides is 1. The van der Waals surface area contributed by atoms with E-state index in [1.807, 2.05) is 33.8 Å². The van der Waals surface area contributed by atoms with Gasteiger partial charge in [0.2, 0.25) is 5.56 Å². The first-order chi connectivity index (χ1) is 5.99. The Bertz CT molecular complexity index is 169. The van der Waals surface area contributed by atoms with Gasteiger partial charge in [-0.1, -0.05) is 11.6 Å². The molecule has 0 aromatic carbocycles. The molecular formula is C9H17ClN2O+. The summed E-state index contributed by atoms with van der Waals surface area (Å²) in [7, 11) is 0. The Morgan fingerprint density at radius 3 is 2.08 bits per heavy atom. The molecule has 0 amide bonds. The van der Waals surface area contributed by atoms with E-state index in [4.69, 9.17) is 21.7 Å². The molecule has 0 aliphatic heterocycles. The van der Waals surface area contributed by atoms with E-state index in [-0.39, 0.29) is 18.5 Å². The van der Waals surface area contributed by atoms with E-state index in [1.54, 1.807) is 5.06 Å². The van der Waals surface area contributed by atoms with Gasteiger partial charge in [0.05, 0.1) is 12.5 Å². The largest absolute Gasteiger partial charge is 0.209 e. The number of nitrogens with zero attached hydrogens (tertiary/aromatic N) is 2. The monoisotopic (exact) mass is 204 g/mol. The van der Waals surface area contributed by atoms with Crippen molar-refractivity contribution in [3.63, 3.8) is 0 Å². The van der Waals surface area contributed by atoms with E-state index in [0.717, 1.165) is 0 Å². The zero-order valence-electron chi connectivity index (χ0n) is 8.62. The van der Waals surface area contributed by atoms with Crippen LogP contribution in [-0.2, 0) is 4.84 Å². The first-order valence-electron chi connectivity index (χ1n) is 4.45. The fraction of sp³-hybridized carbons (Fsp3) is 0.889. The Balaban J connectivity index is 4.04. The van der Waals surface area contributed by atoms with Crippen molar-refractivity contribution in [2.75, 3.05) is 0 Å².